The van der Waals surface area contributed by atoms with Crippen molar-refractivity contribution >= 4 is 29.9 Å². The third-order valence-electron chi connectivity index (χ3n) is 3.32. The number of nitrogens with one attached hydrogen (secondary N) is 2. The lowest BCUT2D eigenvalue weighted by molar-refractivity contribution is -0.176. The van der Waals surface area contributed by atoms with Crippen LogP contribution in [0.15, 0.2) is 29.3 Å². The van der Waals surface area contributed by atoms with Gasteiger partial charge in [0.05, 0.1) is 13.2 Å². The van der Waals surface area contributed by atoms with Crippen molar-refractivity contribution in [2.45, 2.75) is 52.6 Å². The first kappa shape index (κ1) is 24.0. The quantitative estimate of drug-likeness (QED) is 0.338. The first-order valence-corrected chi connectivity index (χ1v) is 8.11. The fourth-order valence-electron chi connectivity index (χ4n) is 1.85. The van der Waals surface area contributed by atoms with Crippen molar-refractivity contribution in [2.24, 2.45) is 4.99 Å². The van der Waals surface area contributed by atoms with E-state index in [1.165, 1.54) is 0 Å². The second-order valence-electron chi connectivity index (χ2n) is 5.57. The molecule has 1 atom stereocenters. The van der Waals surface area contributed by atoms with Crippen LogP contribution in [0.1, 0.15) is 38.3 Å². The lowest BCUT2D eigenvalue weighted by atomic mass is 10.1. The Morgan fingerprint density at radius 1 is 1.16 bits per heavy atom. The summed E-state index contributed by atoms with van der Waals surface area (Å²) in [6.45, 7) is 6.17. The van der Waals surface area contributed by atoms with Crippen LogP contribution in [-0.4, -0.2) is 31.3 Å². The summed E-state index contributed by atoms with van der Waals surface area (Å²) in [5.41, 5.74) is 1.69. The molecule has 0 aromatic heterocycles. The molecule has 0 saturated heterocycles. The first-order valence-electron chi connectivity index (χ1n) is 8.11. The molecule has 0 saturated carbocycles. The van der Waals surface area contributed by atoms with Gasteiger partial charge in [-0.15, -0.1) is 24.0 Å². The van der Waals surface area contributed by atoms with Gasteiger partial charge < -0.3 is 15.4 Å². The van der Waals surface area contributed by atoms with Gasteiger partial charge in [-0.2, -0.15) is 13.2 Å². The van der Waals surface area contributed by atoms with E-state index < -0.39 is 12.8 Å². The Labute approximate surface area is 164 Å². The number of alkyl halides is 3. The Bertz CT molecular complexity index is 507. The van der Waals surface area contributed by atoms with Crippen molar-refractivity contribution in [2.75, 3.05) is 13.2 Å². The number of ether oxygens (including phenoxy) is 1. The molecule has 25 heavy (non-hydrogen) atoms. The number of nitrogens with zero attached hydrogens (tertiary/aromatic N) is 1. The van der Waals surface area contributed by atoms with Crippen molar-refractivity contribution in [1.82, 2.24) is 10.6 Å². The van der Waals surface area contributed by atoms with Crippen LogP contribution >= 0.6 is 24.0 Å². The molecule has 0 amide bonds. The monoisotopic (exact) mass is 473 g/mol. The first-order chi connectivity index (χ1) is 11.3. The zero-order valence-electron chi connectivity index (χ0n) is 14.8. The number of halogens is 4. The van der Waals surface area contributed by atoms with Crippen LogP contribution < -0.4 is 10.6 Å². The van der Waals surface area contributed by atoms with Crippen LogP contribution in [0.4, 0.5) is 13.2 Å². The molecule has 0 bridgehead atoms. The Hall–Kier alpha value is -1.03. The summed E-state index contributed by atoms with van der Waals surface area (Å²) in [6.07, 6.45) is -3.29. The van der Waals surface area contributed by atoms with Gasteiger partial charge in [0, 0.05) is 12.6 Å². The summed E-state index contributed by atoms with van der Waals surface area (Å²) in [7, 11) is 0. The van der Waals surface area contributed by atoms with Gasteiger partial charge in [0.25, 0.3) is 0 Å². The van der Waals surface area contributed by atoms with Crippen LogP contribution in [-0.2, 0) is 17.9 Å². The van der Waals surface area contributed by atoms with Crippen LogP contribution in [0.2, 0.25) is 0 Å². The molecule has 0 heterocycles. The predicted molar refractivity (Wildman–Crippen MR) is 105 cm³/mol. The Balaban J connectivity index is 0.00000576. The maximum Gasteiger partial charge on any atom is 0.411 e. The molecule has 2 N–H and O–H groups in total. The fourth-order valence-corrected chi connectivity index (χ4v) is 1.85. The summed E-state index contributed by atoms with van der Waals surface area (Å²) in [5, 5.41) is 6.49. The van der Waals surface area contributed by atoms with Crippen LogP contribution in [0.25, 0.3) is 0 Å². The van der Waals surface area contributed by atoms with Gasteiger partial charge in [-0.3, -0.25) is 0 Å². The normalized spacial score (nSPS) is 13.1. The third-order valence-corrected chi connectivity index (χ3v) is 3.32. The minimum absolute atomic E-state index is 0. The molecule has 8 heteroatoms. The number of hydrogen-bond donors (Lipinski definition) is 2. The molecule has 1 rings (SSSR count). The number of guanidine groups is 1. The van der Waals surface area contributed by atoms with E-state index in [0.717, 1.165) is 24.5 Å². The maximum atomic E-state index is 12.0. The van der Waals surface area contributed by atoms with Gasteiger partial charge in [-0.25, -0.2) is 4.99 Å². The number of hydrogen-bond acceptors (Lipinski definition) is 2. The summed E-state index contributed by atoms with van der Waals surface area (Å²) in [5.74, 6) is 0.754. The van der Waals surface area contributed by atoms with E-state index in [1.807, 2.05) is 19.1 Å². The highest BCUT2D eigenvalue weighted by Crippen LogP contribution is 2.16. The molecule has 0 aliphatic heterocycles. The van der Waals surface area contributed by atoms with E-state index in [2.05, 4.69) is 34.2 Å². The average Bonchev–Trinajstić information content (AvgIpc) is 2.52. The molecule has 0 radical (unpaired) electrons. The van der Waals surface area contributed by atoms with E-state index >= 15 is 0 Å². The number of benzene rings is 1. The second kappa shape index (κ2) is 12.3. The molecule has 1 aromatic carbocycles. The van der Waals surface area contributed by atoms with E-state index in [-0.39, 0.29) is 30.6 Å². The summed E-state index contributed by atoms with van der Waals surface area (Å²) < 4.78 is 40.7. The molecule has 0 aliphatic carbocycles. The lowest BCUT2D eigenvalue weighted by Gasteiger charge is -2.16. The van der Waals surface area contributed by atoms with Crippen molar-refractivity contribution in [1.29, 1.82) is 0 Å². The molecule has 1 unspecified atom stereocenters. The summed E-state index contributed by atoms with van der Waals surface area (Å²) in [4.78, 5) is 4.51. The molecule has 144 valence electrons. The topological polar surface area (TPSA) is 45.7 Å². The smallest absolute Gasteiger partial charge is 0.367 e. The predicted octanol–water partition coefficient (Wildman–Crippen LogP) is 4.24. The van der Waals surface area contributed by atoms with Crippen molar-refractivity contribution in [3.63, 3.8) is 0 Å². The van der Waals surface area contributed by atoms with Crippen LogP contribution in [0, 0.1) is 0 Å². The molecule has 0 spiro atoms. The van der Waals surface area contributed by atoms with Gasteiger partial charge in [0.1, 0.15) is 6.61 Å². The third kappa shape index (κ3) is 11.2. The maximum absolute atomic E-state index is 12.0. The van der Waals surface area contributed by atoms with Gasteiger partial charge >= 0.3 is 6.18 Å². The van der Waals surface area contributed by atoms with Gasteiger partial charge in [-0.1, -0.05) is 31.2 Å². The van der Waals surface area contributed by atoms with E-state index in [4.69, 9.17) is 0 Å². The largest absolute Gasteiger partial charge is 0.411 e. The second-order valence-corrected chi connectivity index (χ2v) is 5.57. The highest BCUT2D eigenvalue weighted by atomic mass is 127. The zero-order valence-corrected chi connectivity index (χ0v) is 17.2. The van der Waals surface area contributed by atoms with Crippen LogP contribution in [0.3, 0.4) is 0 Å². The average molecular weight is 473 g/mol. The summed E-state index contributed by atoms with van der Waals surface area (Å²) in [6, 6.07) is 7.55. The van der Waals surface area contributed by atoms with Crippen molar-refractivity contribution in [3.05, 3.63) is 35.4 Å². The standard InChI is InChI=1S/C17H26F3N3O.HI/c1-4-13(3)23-16(21-5-2)22-10-14-6-8-15(9-7-14)11-24-12-17(18,19)20;/h6-9,13H,4-5,10-12H2,1-3H3,(H2,21,22,23);1H. The van der Waals surface area contributed by atoms with Gasteiger partial charge in [0.2, 0.25) is 0 Å². The van der Waals surface area contributed by atoms with Crippen molar-refractivity contribution in [3.8, 4) is 0 Å². The van der Waals surface area contributed by atoms with E-state index in [9.17, 15) is 13.2 Å². The number of rotatable bonds is 8. The lowest BCUT2D eigenvalue weighted by Crippen LogP contribution is -2.41. The molecule has 0 fully saturated rings. The molecule has 1 aromatic rings. The molecule has 4 nitrogen and oxygen atoms in total. The SMILES string of the molecule is CCNC(=NCc1ccc(COCC(F)(F)F)cc1)NC(C)CC.I. The van der Waals surface area contributed by atoms with Crippen LogP contribution in [0.5, 0.6) is 0 Å². The Kier molecular flexibility index (Phi) is 11.8. The zero-order chi connectivity index (χ0) is 18.0. The van der Waals surface area contributed by atoms with Gasteiger partial charge in [0.15, 0.2) is 5.96 Å². The minimum Gasteiger partial charge on any atom is -0.367 e. The number of aliphatic imine (C=N–C) groups is 1. The molecule has 0 aliphatic rings. The van der Waals surface area contributed by atoms with E-state index in [1.54, 1.807) is 12.1 Å². The minimum atomic E-state index is -4.29. The Morgan fingerprint density at radius 3 is 2.28 bits per heavy atom. The fraction of sp³-hybridized carbons (Fsp3) is 0.588. The highest BCUT2D eigenvalue weighted by Gasteiger charge is 2.27. The van der Waals surface area contributed by atoms with E-state index in [0.29, 0.717) is 18.2 Å². The Morgan fingerprint density at radius 2 is 1.76 bits per heavy atom. The van der Waals surface area contributed by atoms with Crippen molar-refractivity contribution < 1.29 is 17.9 Å². The molecular formula is C17H27F3IN3O. The summed E-state index contributed by atoms with van der Waals surface area (Å²) >= 11 is 0. The molecular weight excluding hydrogens is 446 g/mol. The highest BCUT2D eigenvalue weighted by molar-refractivity contribution is 14.0. The van der Waals surface area contributed by atoms with Gasteiger partial charge in [-0.05, 0) is 31.4 Å².